The van der Waals surface area contributed by atoms with Crippen LogP contribution in [-0.4, -0.2) is 23.4 Å². The summed E-state index contributed by atoms with van der Waals surface area (Å²) in [5, 5.41) is 8.08. The highest BCUT2D eigenvalue weighted by atomic mass is 16.5. The van der Waals surface area contributed by atoms with E-state index in [1.807, 2.05) is 23.0 Å². The van der Waals surface area contributed by atoms with Crippen molar-refractivity contribution in [3.8, 4) is 5.75 Å². The maximum Gasteiger partial charge on any atom is 0.118 e. The van der Waals surface area contributed by atoms with E-state index < -0.39 is 0 Å². The molecule has 1 aromatic carbocycles. The second-order valence-electron chi connectivity index (χ2n) is 5.44. The lowest BCUT2D eigenvalue weighted by molar-refractivity contribution is 0.353. The van der Waals surface area contributed by atoms with Gasteiger partial charge < -0.3 is 10.1 Å². The summed E-state index contributed by atoms with van der Waals surface area (Å²) in [6, 6.07) is 8.75. The van der Waals surface area contributed by atoms with E-state index in [-0.39, 0.29) is 12.1 Å². The minimum absolute atomic E-state index is 0.232. The molecule has 0 aliphatic carbocycles. The number of aryl methyl sites for hydroxylation is 1. The smallest absolute Gasteiger partial charge is 0.118 e. The molecule has 2 atom stereocenters. The number of hydrogen-bond acceptors (Lipinski definition) is 3. The lowest BCUT2D eigenvalue weighted by atomic mass is 10.00. The molecule has 1 N–H and O–H groups in total. The van der Waals surface area contributed by atoms with Gasteiger partial charge in [0.15, 0.2) is 0 Å². The highest BCUT2D eigenvalue weighted by Crippen LogP contribution is 2.27. The molecule has 4 heteroatoms. The van der Waals surface area contributed by atoms with Crippen molar-refractivity contribution in [3.63, 3.8) is 0 Å². The first kappa shape index (κ1) is 15.6. The van der Waals surface area contributed by atoms with Crippen LogP contribution in [0.2, 0.25) is 0 Å². The monoisotopic (exact) mass is 287 g/mol. The van der Waals surface area contributed by atoms with Crippen LogP contribution in [0.3, 0.4) is 0 Å². The second kappa shape index (κ2) is 7.27. The minimum Gasteiger partial charge on any atom is -0.497 e. The Morgan fingerprint density at radius 1 is 1.29 bits per heavy atom. The summed E-state index contributed by atoms with van der Waals surface area (Å²) in [7, 11) is 1.69. The van der Waals surface area contributed by atoms with Gasteiger partial charge in [0.05, 0.1) is 25.4 Å². The zero-order valence-corrected chi connectivity index (χ0v) is 13.3. The zero-order valence-electron chi connectivity index (χ0n) is 13.3. The van der Waals surface area contributed by atoms with Crippen LogP contribution in [0.5, 0.6) is 5.75 Å². The number of nitrogens with one attached hydrogen (secondary N) is 1. The Kier molecular flexibility index (Phi) is 5.39. The van der Waals surface area contributed by atoms with E-state index in [4.69, 9.17) is 4.74 Å². The van der Waals surface area contributed by atoms with Crippen molar-refractivity contribution in [2.24, 2.45) is 0 Å². The molecule has 0 radical (unpaired) electrons. The normalized spacial score (nSPS) is 13.9. The maximum absolute atomic E-state index is 5.24. The van der Waals surface area contributed by atoms with Crippen LogP contribution < -0.4 is 10.1 Å². The maximum atomic E-state index is 5.24. The van der Waals surface area contributed by atoms with Crippen molar-refractivity contribution in [2.75, 3.05) is 13.7 Å². The summed E-state index contributed by atoms with van der Waals surface area (Å²) in [5.41, 5.74) is 2.44. The van der Waals surface area contributed by atoms with E-state index in [0.717, 1.165) is 18.7 Å². The Balaban J connectivity index is 2.23. The SMILES string of the molecule is CCCNC(c1ccc(OC)cc1)C(C)n1cc(C)cn1. The summed E-state index contributed by atoms with van der Waals surface area (Å²) in [6.07, 6.45) is 5.10. The topological polar surface area (TPSA) is 39.1 Å². The van der Waals surface area contributed by atoms with Crippen LogP contribution >= 0.6 is 0 Å². The molecule has 0 saturated heterocycles. The first-order chi connectivity index (χ1) is 10.2. The van der Waals surface area contributed by atoms with Crippen LogP contribution in [0.25, 0.3) is 0 Å². The van der Waals surface area contributed by atoms with Gasteiger partial charge in [-0.1, -0.05) is 19.1 Å². The van der Waals surface area contributed by atoms with E-state index in [1.54, 1.807) is 7.11 Å². The molecule has 0 amide bonds. The molecule has 2 unspecified atom stereocenters. The van der Waals surface area contributed by atoms with Gasteiger partial charge in [0, 0.05) is 6.20 Å². The Hall–Kier alpha value is -1.81. The van der Waals surface area contributed by atoms with Crippen molar-refractivity contribution < 1.29 is 4.74 Å². The lowest BCUT2D eigenvalue weighted by Crippen LogP contribution is -2.29. The predicted octanol–water partition coefficient (Wildman–Crippen LogP) is 3.50. The number of benzene rings is 1. The molecular weight excluding hydrogens is 262 g/mol. The Morgan fingerprint density at radius 2 is 2.00 bits per heavy atom. The molecule has 2 rings (SSSR count). The van der Waals surface area contributed by atoms with E-state index >= 15 is 0 Å². The quantitative estimate of drug-likeness (QED) is 0.847. The van der Waals surface area contributed by atoms with Gasteiger partial charge >= 0.3 is 0 Å². The Bertz CT molecular complexity index is 547. The first-order valence-electron chi connectivity index (χ1n) is 7.53. The largest absolute Gasteiger partial charge is 0.497 e. The van der Waals surface area contributed by atoms with Gasteiger partial charge in [-0.25, -0.2) is 0 Å². The molecule has 0 bridgehead atoms. The number of ether oxygens (including phenoxy) is 1. The Labute approximate surface area is 127 Å². The third kappa shape index (κ3) is 3.85. The van der Waals surface area contributed by atoms with Crippen molar-refractivity contribution in [3.05, 3.63) is 47.8 Å². The van der Waals surface area contributed by atoms with E-state index in [2.05, 4.69) is 49.5 Å². The van der Waals surface area contributed by atoms with Gasteiger partial charge in [-0.3, -0.25) is 4.68 Å². The first-order valence-corrected chi connectivity index (χ1v) is 7.53. The van der Waals surface area contributed by atoms with E-state index in [1.165, 1.54) is 11.1 Å². The number of nitrogens with zero attached hydrogens (tertiary/aromatic N) is 2. The van der Waals surface area contributed by atoms with Gasteiger partial charge in [-0.05, 0) is 50.1 Å². The number of methoxy groups -OCH3 is 1. The van der Waals surface area contributed by atoms with Crippen LogP contribution in [-0.2, 0) is 0 Å². The fourth-order valence-corrected chi connectivity index (χ4v) is 2.49. The molecule has 0 fully saturated rings. The highest BCUT2D eigenvalue weighted by Gasteiger charge is 2.20. The summed E-state index contributed by atoms with van der Waals surface area (Å²) < 4.78 is 7.28. The van der Waals surface area contributed by atoms with Gasteiger partial charge in [0.25, 0.3) is 0 Å². The summed E-state index contributed by atoms with van der Waals surface area (Å²) in [5.74, 6) is 0.885. The number of hydrogen-bond donors (Lipinski definition) is 1. The molecule has 0 aliphatic heterocycles. The summed E-state index contributed by atoms with van der Waals surface area (Å²) >= 11 is 0. The standard InChI is InChI=1S/C17H25N3O/c1-5-10-18-17(14(3)20-12-13(2)11-19-20)15-6-8-16(21-4)9-7-15/h6-9,11-12,14,17-18H,5,10H2,1-4H3. The molecule has 2 aromatic rings. The van der Waals surface area contributed by atoms with Gasteiger partial charge in [-0.2, -0.15) is 5.10 Å². The second-order valence-corrected chi connectivity index (χ2v) is 5.44. The average Bonchev–Trinajstić information content (AvgIpc) is 2.94. The summed E-state index contributed by atoms with van der Waals surface area (Å²) in [4.78, 5) is 0. The van der Waals surface area contributed by atoms with E-state index in [9.17, 15) is 0 Å². The van der Waals surface area contributed by atoms with Crippen LogP contribution in [0.4, 0.5) is 0 Å². The highest BCUT2D eigenvalue weighted by molar-refractivity contribution is 5.29. The van der Waals surface area contributed by atoms with Gasteiger partial charge in [0.1, 0.15) is 5.75 Å². The van der Waals surface area contributed by atoms with Crippen molar-refractivity contribution in [1.82, 2.24) is 15.1 Å². The number of aromatic nitrogens is 2. The fraction of sp³-hybridized carbons (Fsp3) is 0.471. The van der Waals surface area contributed by atoms with Crippen molar-refractivity contribution >= 4 is 0 Å². The molecule has 0 aliphatic rings. The van der Waals surface area contributed by atoms with Gasteiger partial charge in [0.2, 0.25) is 0 Å². The fourth-order valence-electron chi connectivity index (χ4n) is 2.49. The minimum atomic E-state index is 0.232. The van der Waals surface area contributed by atoms with E-state index in [0.29, 0.717) is 0 Å². The molecule has 1 aromatic heterocycles. The Morgan fingerprint density at radius 3 is 2.52 bits per heavy atom. The predicted molar refractivity (Wildman–Crippen MR) is 85.7 cm³/mol. The lowest BCUT2D eigenvalue weighted by Gasteiger charge is -2.26. The van der Waals surface area contributed by atoms with Crippen molar-refractivity contribution in [2.45, 2.75) is 39.3 Å². The van der Waals surface area contributed by atoms with Gasteiger partial charge in [-0.15, -0.1) is 0 Å². The number of rotatable bonds is 7. The molecule has 4 nitrogen and oxygen atoms in total. The molecule has 21 heavy (non-hydrogen) atoms. The molecular formula is C17H25N3O. The zero-order chi connectivity index (χ0) is 15.2. The molecule has 0 spiro atoms. The van der Waals surface area contributed by atoms with Crippen LogP contribution in [0.1, 0.15) is 43.5 Å². The summed E-state index contributed by atoms with van der Waals surface area (Å²) in [6.45, 7) is 7.43. The average molecular weight is 287 g/mol. The molecule has 1 heterocycles. The molecule has 114 valence electrons. The van der Waals surface area contributed by atoms with Crippen LogP contribution in [0, 0.1) is 6.92 Å². The third-order valence-corrected chi connectivity index (χ3v) is 3.72. The van der Waals surface area contributed by atoms with Crippen molar-refractivity contribution in [1.29, 1.82) is 0 Å². The third-order valence-electron chi connectivity index (χ3n) is 3.72. The van der Waals surface area contributed by atoms with Crippen LogP contribution in [0.15, 0.2) is 36.7 Å². The molecule has 0 saturated carbocycles.